The highest BCUT2D eigenvalue weighted by Gasteiger charge is 2.24. The lowest BCUT2D eigenvalue weighted by atomic mass is 10.1. The molecule has 0 fully saturated rings. The van der Waals surface area contributed by atoms with Crippen LogP contribution in [0.1, 0.15) is 19.9 Å². The van der Waals surface area contributed by atoms with E-state index in [1.165, 1.54) is 17.3 Å². The molecule has 2 N–H and O–H groups in total. The lowest BCUT2D eigenvalue weighted by Crippen LogP contribution is -2.48. The Hall–Kier alpha value is -1.47. The number of carbonyl (C=O) groups excluding carboxylic acids is 1. The van der Waals surface area contributed by atoms with E-state index in [1.807, 2.05) is 19.0 Å². The van der Waals surface area contributed by atoms with Crippen LogP contribution >= 0.6 is 0 Å². The summed E-state index contributed by atoms with van der Waals surface area (Å²) in [6.07, 6.45) is 2.87. The van der Waals surface area contributed by atoms with Gasteiger partial charge in [-0.1, -0.05) is 0 Å². The minimum absolute atomic E-state index is 0.195. The molecule has 2 atom stereocenters. The molecule has 7 nitrogen and oxygen atoms in total. The van der Waals surface area contributed by atoms with Crippen LogP contribution in [-0.2, 0) is 4.79 Å². The molecule has 0 bridgehead atoms. The van der Waals surface area contributed by atoms with E-state index in [2.05, 4.69) is 15.4 Å². The molecule has 2 unspecified atom stereocenters. The van der Waals surface area contributed by atoms with Gasteiger partial charge in [-0.3, -0.25) is 4.79 Å². The van der Waals surface area contributed by atoms with E-state index < -0.39 is 11.6 Å². The Morgan fingerprint density at radius 1 is 1.61 bits per heavy atom. The Balaban J connectivity index is 2.46. The molecule has 0 radical (unpaired) electrons. The summed E-state index contributed by atoms with van der Waals surface area (Å²) in [5.41, 5.74) is -0.957. The van der Waals surface area contributed by atoms with Crippen molar-refractivity contribution in [1.29, 1.82) is 0 Å². The lowest BCUT2D eigenvalue weighted by molar-refractivity contribution is -0.125. The first-order chi connectivity index (χ1) is 8.32. The maximum absolute atomic E-state index is 11.8. The van der Waals surface area contributed by atoms with Gasteiger partial charge in [0.1, 0.15) is 18.7 Å². The minimum Gasteiger partial charge on any atom is -0.387 e. The summed E-state index contributed by atoms with van der Waals surface area (Å²) in [6.45, 7) is 4.09. The maximum Gasteiger partial charge on any atom is 0.244 e. The Morgan fingerprint density at radius 3 is 2.78 bits per heavy atom. The molecule has 18 heavy (non-hydrogen) atoms. The summed E-state index contributed by atoms with van der Waals surface area (Å²) in [5.74, 6) is -0.195. The molecule has 102 valence electrons. The minimum atomic E-state index is -0.957. The highest BCUT2D eigenvalue weighted by atomic mass is 16.3. The number of aromatic nitrogens is 3. The average Bonchev–Trinajstić information content (AvgIpc) is 2.76. The van der Waals surface area contributed by atoms with Crippen molar-refractivity contribution >= 4 is 5.91 Å². The van der Waals surface area contributed by atoms with E-state index in [1.54, 1.807) is 13.8 Å². The monoisotopic (exact) mass is 255 g/mol. The SMILES string of the molecule is CC(C(=O)NCC(C)(O)CN(C)C)n1cncn1. The predicted molar refractivity (Wildman–Crippen MR) is 66.9 cm³/mol. The second-order valence-electron chi connectivity index (χ2n) is 5.00. The van der Waals surface area contributed by atoms with Crippen LogP contribution in [-0.4, -0.2) is 63.5 Å². The van der Waals surface area contributed by atoms with Crippen LogP contribution in [0.5, 0.6) is 0 Å². The third-order valence-electron chi connectivity index (χ3n) is 2.51. The van der Waals surface area contributed by atoms with Gasteiger partial charge in [0.05, 0.1) is 5.60 Å². The number of amides is 1. The quantitative estimate of drug-likeness (QED) is 0.700. The summed E-state index contributed by atoms with van der Waals surface area (Å²) in [5, 5.41) is 16.7. The van der Waals surface area contributed by atoms with Crippen molar-refractivity contribution in [3.8, 4) is 0 Å². The first-order valence-electron chi connectivity index (χ1n) is 5.81. The summed E-state index contributed by atoms with van der Waals surface area (Å²) in [4.78, 5) is 17.5. The van der Waals surface area contributed by atoms with Crippen LogP contribution < -0.4 is 5.32 Å². The van der Waals surface area contributed by atoms with E-state index in [-0.39, 0.29) is 12.5 Å². The molecule has 0 spiro atoms. The zero-order valence-corrected chi connectivity index (χ0v) is 11.3. The van der Waals surface area contributed by atoms with Gasteiger partial charge >= 0.3 is 0 Å². The van der Waals surface area contributed by atoms with Crippen molar-refractivity contribution in [2.75, 3.05) is 27.2 Å². The molecule has 0 saturated heterocycles. The Morgan fingerprint density at radius 2 is 2.28 bits per heavy atom. The third-order valence-corrected chi connectivity index (χ3v) is 2.51. The topological polar surface area (TPSA) is 83.3 Å². The molecule has 1 aromatic rings. The van der Waals surface area contributed by atoms with Crippen LogP contribution in [0.2, 0.25) is 0 Å². The van der Waals surface area contributed by atoms with E-state index in [0.29, 0.717) is 6.54 Å². The second-order valence-corrected chi connectivity index (χ2v) is 5.00. The highest BCUT2D eigenvalue weighted by molar-refractivity contribution is 5.79. The summed E-state index contributed by atoms with van der Waals surface area (Å²) in [6, 6.07) is -0.442. The molecule has 1 heterocycles. The molecule has 0 saturated carbocycles. The number of hydrogen-bond donors (Lipinski definition) is 2. The standard InChI is InChI=1S/C11H21N5O2/c1-9(16-8-12-7-14-16)10(17)13-5-11(2,18)6-15(3)4/h7-9,18H,5-6H2,1-4H3,(H,13,17). The number of rotatable bonds is 6. The first kappa shape index (κ1) is 14.6. The van der Waals surface area contributed by atoms with E-state index in [0.717, 1.165) is 0 Å². The first-order valence-corrected chi connectivity index (χ1v) is 5.81. The van der Waals surface area contributed by atoms with Crippen molar-refractivity contribution in [1.82, 2.24) is 25.0 Å². The van der Waals surface area contributed by atoms with E-state index >= 15 is 0 Å². The van der Waals surface area contributed by atoms with E-state index in [4.69, 9.17) is 0 Å². The third kappa shape index (κ3) is 4.42. The zero-order chi connectivity index (χ0) is 13.8. The largest absolute Gasteiger partial charge is 0.387 e. The van der Waals surface area contributed by atoms with Crippen molar-refractivity contribution < 1.29 is 9.90 Å². The Kier molecular flexibility index (Phi) is 4.80. The molecule has 1 rings (SSSR count). The zero-order valence-electron chi connectivity index (χ0n) is 11.3. The molecular weight excluding hydrogens is 234 g/mol. The summed E-state index contributed by atoms with van der Waals surface area (Å²) in [7, 11) is 3.74. The van der Waals surface area contributed by atoms with Gasteiger partial charge in [-0.2, -0.15) is 5.10 Å². The van der Waals surface area contributed by atoms with Gasteiger partial charge in [0.15, 0.2) is 0 Å². The van der Waals surface area contributed by atoms with Gasteiger partial charge in [0, 0.05) is 13.1 Å². The molecular formula is C11H21N5O2. The fraction of sp³-hybridized carbons (Fsp3) is 0.727. The van der Waals surface area contributed by atoms with Crippen LogP contribution in [0.15, 0.2) is 12.7 Å². The number of hydrogen-bond acceptors (Lipinski definition) is 5. The van der Waals surface area contributed by atoms with Gasteiger partial charge in [0.25, 0.3) is 0 Å². The van der Waals surface area contributed by atoms with Gasteiger partial charge in [-0.15, -0.1) is 0 Å². The smallest absolute Gasteiger partial charge is 0.244 e. The molecule has 0 aliphatic carbocycles. The summed E-state index contributed by atoms with van der Waals surface area (Å²) < 4.78 is 1.47. The molecule has 1 aromatic heterocycles. The Bertz CT molecular complexity index is 375. The predicted octanol–water partition coefficient (Wildman–Crippen LogP) is -0.732. The van der Waals surface area contributed by atoms with Gasteiger partial charge < -0.3 is 15.3 Å². The number of likely N-dealkylation sites (N-methyl/N-ethyl adjacent to an activating group) is 1. The average molecular weight is 255 g/mol. The van der Waals surface area contributed by atoms with Crippen molar-refractivity contribution in [3.05, 3.63) is 12.7 Å². The fourth-order valence-electron chi connectivity index (χ4n) is 1.70. The number of nitrogens with zero attached hydrogens (tertiary/aromatic N) is 4. The number of aliphatic hydroxyl groups is 1. The van der Waals surface area contributed by atoms with Crippen molar-refractivity contribution in [2.24, 2.45) is 0 Å². The lowest BCUT2D eigenvalue weighted by Gasteiger charge is -2.27. The molecule has 1 amide bonds. The van der Waals surface area contributed by atoms with Crippen LogP contribution in [0.3, 0.4) is 0 Å². The van der Waals surface area contributed by atoms with Gasteiger partial charge in [-0.05, 0) is 27.9 Å². The molecule has 0 aliphatic heterocycles. The van der Waals surface area contributed by atoms with E-state index in [9.17, 15) is 9.90 Å². The fourth-order valence-corrected chi connectivity index (χ4v) is 1.70. The maximum atomic E-state index is 11.8. The number of carbonyl (C=O) groups is 1. The van der Waals surface area contributed by atoms with Crippen LogP contribution in [0, 0.1) is 0 Å². The van der Waals surface area contributed by atoms with Gasteiger partial charge in [0.2, 0.25) is 5.91 Å². The molecule has 7 heteroatoms. The van der Waals surface area contributed by atoms with Crippen molar-refractivity contribution in [3.63, 3.8) is 0 Å². The molecule has 0 aromatic carbocycles. The van der Waals surface area contributed by atoms with Crippen LogP contribution in [0.4, 0.5) is 0 Å². The van der Waals surface area contributed by atoms with Crippen LogP contribution in [0.25, 0.3) is 0 Å². The van der Waals surface area contributed by atoms with Gasteiger partial charge in [-0.25, -0.2) is 9.67 Å². The highest BCUT2D eigenvalue weighted by Crippen LogP contribution is 2.05. The van der Waals surface area contributed by atoms with Crippen molar-refractivity contribution in [2.45, 2.75) is 25.5 Å². The Labute approximate surface area is 107 Å². The number of nitrogens with one attached hydrogen (secondary N) is 1. The second kappa shape index (κ2) is 5.92. The molecule has 0 aliphatic rings. The summed E-state index contributed by atoms with van der Waals surface area (Å²) >= 11 is 0. The normalized spacial score (nSPS) is 16.3.